The predicted octanol–water partition coefficient (Wildman–Crippen LogP) is 2.85. The molecule has 2 heterocycles. The predicted molar refractivity (Wildman–Crippen MR) is 70.7 cm³/mol. The molecule has 0 atom stereocenters. The third-order valence-electron chi connectivity index (χ3n) is 2.46. The first-order valence-electron chi connectivity index (χ1n) is 5.53. The van der Waals surface area contributed by atoms with Crippen molar-refractivity contribution in [2.24, 2.45) is 0 Å². The van der Waals surface area contributed by atoms with Gasteiger partial charge in [-0.3, -0.25) is 0 Å². The van der Waals surface area contributed by atoms with Gasteiger partial charge in [0.15, 0.2) is 5.13 Å². The van der Waals surface area contributed by atoms with Gasteiger partial charge in [0, 0.05) is 16.8 Å². The number of hydrogen-bond acceptors (Lipinski definition) is 5. The molecule has 0 spiro atoms. The Labute approximate surface area is 109 Å². The molecule has 0 aliphatic carbocycles. The topological polar surface area (TPSA) is 75.1 Å². The minimum Gasteiger partial charge on any atom is -0.477 e. The number of thiazole rings is 1. The zero-order chi connectivity index (χ0) is 13.1. The lowest BCUT2D eigenvalue weighted by molar-refractivity contribution is 0.0690. The average molecular weight is 263 g/mol. The molecular formula is C12H13N3O2S. The van der Waals surface area contributed by atoms with Gasteiger partial charge in [0.25, 0.3) is 0 Å². The Bertz CT molecular complexity index is 580. The number of carboxylic acid groups (broad SMARTS) is 1. The van der Waals surface area contributed by atoms with Gasteiger partial charge in [0.1, 0.15) is 5.69 Å². The van der Waals surface area contributed by atoms with E-state index in [1.807, 2.05) is 6.92 Å². The smallest absolute Gasteiger partial charge is 0.354 e. The van der Waals surface area contributed by atoms with Crippen molar-refractivity contribution in [3.8, 4) is 0 Å². The first-order chi connectivity index (χ1) is 8.60. The van der Waals surface area contributed by atoms with Gasteiger partial charge < -0.3 is 10.4 Å². The zero-order valence-electron chi connectivity index (χ0n) is 10.1. The number of nitrogens with zero attached hydrogens (tertiary/aromatic N) is 2. The molecule has 94 valence electrons. The van der Waals surface area contributed by atoms with Gasteiger partial charge in [-0.25, -0.2) is 14.8 Å². The quantitative estimate of drug-likeness (QED) is 0.887. The number of carbonyl (C=O) groups is 1. The van der Waals surface area contributed by atoms with Crippen LogP contribution in [-0.2, 0) is 6.42 Å². The van der Waals surface area contributed by atoms with Crippen LogP contribution >= 0.6 is 11.3 Å². The normalized spacial score (nSPS) is 10.3. The number of aromatic nitrogens is 2. The van der Waals surface area contributed by atoms with E-state index >= 15 is 0 Å². The number of rotatable bonds is 4. The molecule has 0 unspecified atom stereocenters. The highest BCUT2D eigenvalue weighted by Gasteiger charge is 2.08. The standard InChI is InChI=1S/C12H13N3O2S/c1-3-9-7(2)18-12(15-9)14-8-4-5-13-10(6-8)11(16)17/h4-6H,3H2,1-2H3,(H,16,17)(H,13,14,15). The fourth-order valence-corrected chi connectivity index (χ4v) is 2.48. The third-order valence-corrected chi connectivity index (χ3v) is 3.39. The molecule has 0 radical (unpaired) electrons. The van der Waals surface area contributed by atoms with Gasteiger partial charge in [-0.15, -0.1) is 11.3 Å². The first-order valence-corrected chi connectivity index (χ1v) is 6.34. The molecule has 5 nitrogen and oxygen atoms in total. The van der Waals surface area contributed by atoms with Crippen molar-refractivity contribution in [2.45, 2.75) is 20.3 Å². The second-order valence-corrected chi connectivity index (χ2v) is 4.94. The summed E-state index contributed by atoms with van der Waals surface area (Å²) in [6, 6.07) is 3.21. The second kappa shape index (κ2) is 5.14. The Morgan fingerprint density at radius 1 is 1.56 bits per heavy atom. The average Bonchev–Trinajstić information content (AvgIpc) is 2.69. The Morgan fingerprint density at radius 3 is 2.94 bits per heavy atom. The molecule has 6 heteroatoms. The molecular weight excluding hydrogens is 250 g/mol. The lowest BCUT2D eigenvalue weighted by Gasteiger charge is -2.02. The van der Waals surface area contributed by atoms with Gasteiger partial charge in [-0.05, 0) is 25.5 Å². The lowest BCUT2D eigenvalue weighted by Crippen LogP contribution is -2.01. The van der Waals surface area contributed by atoms with Crippen LogP contribution in [0.3, 0.4) is 0 Å². The van der Waals surface area contributed by atoms with Crippen LogP contribution in [-0.4, -0.2) is 21.0 Å². The van der Waals surface area contributed by atoms with Crippen LogP contribution in [0.25, 0.3) is 0 Å². The summed E-state index contributed by atoms with van der Waals surface area (Å²) in [5.74, 6) is -1.04. The maximum Gasteiger partial charge on any atom is 0.354 e. The van der Waals surface area contributed by atoms with Crippen molar-refractivity contribution in [3.63, 3.8) is 0 Å². The largest absolute Gasteiger partial charge is 0.477 e. The third kappa shape index (κ3) is 2.65. The van der Waals surface area contributed by atoms with E-state index in [2.05, 4.69) is 22.2 Å². The molecule has 0 fully saturated rings. The Morgan fingerprint density at radius 2 is 2.33 bits per heavy atom. The minimum atomic E-state index is -1.04. The lowest BCUT2D eigenvalue weighted by atomic mass is 10.3. The molecule has 0 bridgehead atoms. The minimum absolute atomic E-state index is 0.0176. The molecule has 0 saturated carbocycles. The maximum atomic E-state index is 10.8. The molecule has 0 aromatic carbocycles. The van der Waals surface area contributed by atoms with Crippen LogP contribution in [0.4, 0.5) is 10.8 Å². The Balaban J connectivity index is 2.22. The van der Waals surface area contributed by atoms with Crippen LogP contribution < -0.4 is 5.32 Å². The summed E-state index contributed by atoms with van der Waals surface area (Å²) in [7, 11) is 0. The van der Waals surface area contributed by atoms with Crippen molar-refractivity contribution in [1.29, 1.82) is 0 Å². The molecule has 0 aliphatic rings. The van der Waals surface area contributed by atoms with Crippen molar-refractivity contribution < 1.29 is 9.90 Å². The summed E-state index contributed by atoms with van der Waals surface area (Å²) >= 11 is 1.56. The summed E-state index contributed by atoms with van der Waals surface area (Å²) in [4.78, 5) is 20.2. The highest BCUT2D eigenvalue weighted by Crippen LogP contribution is 2.25. The first kappa shape index (κ1) is 12.5. The van der Waals surface area contributed by atoms with E-state index in [1.165, 1.54) is 17.1 Å². The molecule has 0 aliphatic heterocycles. The summed E-state index contributed by atoms with van der Waals surface area (Å²) in [5.41, 5.74) is 1.76. The fourth-order valence-electron chi connectivity index (χ4n) is 1.56. The highest BCUT2D eigenvalue weighted by atomic mass is 32.1. The van der Waals surface area contributed by atoms with E-state index in [1.54, 1.807) is 17.4 Å². The Hall–Kier alpha value is -1.95. The second-order valence-electron chi connectivity index (χ2n) is 3.74. The summed E-state index contributed by atoms with van der Waals surface area (Å²) in [5, 5.41) is 12.7. The summed E-state index contributed by atoms with van der Waals surface area (Å²) in [6.07, 6.45) is 2.35. The van der Waals surface area contributed by atoms with Crippen molar-refractivity contribution in [2.75, 3.05) is 5.32 Å². The number of carboxylic acids is 1. The van der Waals surface area contributed by atoms with E-state index in [4.69, 9.17) is 5.11 Å². The van der Waals surface area contributed by atoms with E-state index in [-0.39, 0.29) is 5.69 Å². The molecule has 18 heavy (non-hydrogen) atoms. The number of nitrogens with one attached hydrogen (secondary N) is 1. The van der Waals surface area contributed by atoms with Gasteiger partial charge >= 0.3 is 5.97 Å². The highest BCUT2D eigenvalue weighted by molar-refractivity contribution is 7.15. The van der Waals surface area contributed by atoms with Gasteiger partial charge in [0.2, 0.25) is 0 Å². The van der Waals surface area contributed by atoms with E-state index in [9.17, 15) is 4.79 Å². The van der Waals surface area contributed by atoms with Gasteiger partial charge in [-0.1, -0.05) is 6.92 Å². The van der Waals surface area contributed by atoms with E-state index in [0.29, 0.717) is 5.69 Å². The van der Waals surface area contributed by atoms with Crippen molar-refractivity contribution in [1.82, 2.24) is 9.97 Å². The molecule has 0 amide bonds. The molecule has 2 N–H and O–H groups in total. The van der Waals surface area contributed by atoms with Crippen LogP contribution in [0.2, 0.25) is 0 Å². The van der Waals surface area contributed by atoms with Gasteiger partial charge in [-0.2, -0.15) is 0 Å². The van der Waals surface area contributed by atoms with Crippen LogP contribution in [0.1, 0.15) is 28.0 Å². The summed E-state index contributed by atoms with van der Waals surface area (Å²) < 4.78 is 0. The Kier molecular flexibility index (Phi) is 3.57. The van der Waals surface area contributed by atoms with Crippen LogP contribution in [0, 0.1) is 6.92 Å². The van der Waals surface area contributed by atoms with Crippen LogP contribution in [0.5, 0.6) is 0 Å². The number of hydrogen-bond donors (Lipinski definition) is 2. The number of anilines is 2. The molecule has 2 rings (SSSR count). The van der Waals surface area contributed by atoms with E-state index in [0.717, 1.165) is 17.2 Å². The molecule has 2 aromatic rings. The summed E-state index contributed by atoms with van der Waals surface area (Å²) in [6.45, 7) is 4.08. The number of aryl methyl sites for hydroxylation is 2. The van der Waals surface area contributed by atoms with Crippen LogP contribution in [0.15, 0.2) is 18.3 Å². The van der Waals surface area contributed by atoms with Crippen molar-refractivity contribution >= 4 is 28.1 Å². The number of aromatic carboxylic acids is 1. The van der Waals surface area contributed by atoms with E-state index < -0.39 is 5.97 Å². The number of pyridine rings is 1. The maximum absolute atomic E-state index is 10.8. The van der Waals surface area contributed by atoms with Gasteiger partial charge in [0.05, 0.1) is 5.69 Å². The molecule has 0 saturated heterocycles. The SMILES string of the molecule is CCc1nc(Nc2ccnc(C(=O)O)c2)sc1C. The van der Waals surface area contributed by atoms with Crippen molar-refractivity contribution in [3.05, 3.63) is 34.6 Å². The monoisotopic (exact) mass is 263 g/mol. The molecule has 2 aromatic heterocycles. The fraction of sp³-hybridized carbons (Fsp3) is 0.250. The zero-order valence-corrected chi connectivity index (χ0v) is 10.9.